The molecule has 0 spiro atoms. The maximum Gasteiger partial charge on any atom is -0.00173 e. The molecule has 0 bridgehead atoms. The molecule has 1 aliphatic carbocycles. The molecule has 1 aromatic rings. The molecule has 0 atom stereocenters. The fraction of sp³-hybridized carbons (Fsp3) is 0.600. The second kappa shape index (κ2) is 5.01. The third-order valence-electron chi connectivity index (χ3n) is 4.05. The topological polar surface area (TPSA) is 26.0 Å². The van der Waals surface area contributed by atoms with Crippen molar-refractivity contribution in [1.82, 2.24) is 0 Å². The van der Waals surface area contributed by atoms with E-state index in [9.17, 15) is 0 Å². The van der Waals surface area contributed by atoms with Crippen LogP contribution in [0, 0.1) is 12.3 Å². The van der Waals surface area contributed by atoms with Gasteiger partial charge >= 0.3 is 0 Å². The normalized spacial score (nSPS) is 19.6. The summed E-state index contributed by atoms with van der Waals surface area (Å²) >= 11 is 0. The van der Waals surface area contributed by atoms with Crippen LogP contribution in [0.3, 0.4) is 0 Å². The Morgan fingerprint density at radius 3 is 2.25 bits per heavy atom. The van der Waals surface area contributed by atoms with Gasteiger partial charge in [0.15, 0.2) is 0 Å². The van der Waals surface area contributed by atoms with E-state index in [0.29, 0.717) is 5.41 Å². The molecule has 16 heavy (non-hydrogen) atoms. The number of benzene rings is 1. The van der Waals surface area contributed by atoms with E-state index in [1.54, 1.807) is 0 Å². The van der Waals surface area contributed by atoms with Crippen LogP contribution < -0.4 is 5.73 Å². The molecule has 1 nitrogen and oxygen atoms in total. The first-order chi connectivity index (χ1) is 7.74. The van der Waals surface area contributed by atoms with E-state index in [1.807, 2.05) is 0 Å². The Balaban J connectivity index is 2.08. The summed E-state index contributed by atoms with van der Waals surface area (Å²) in [4.78, 5) is 0. The number of hydrogen-bond acceptors (Lipinski definition) is 1. The van der Waals surface area contributed by atoms with Crippen LogP contribution in [-0.4, -0.2) is 6.54 Å². The SMILES string of the molecule is Cc1ccc(CC2(CN)CCCCC2)cc1. The maximum absolute atomic E-state index is 6.02. The Kier molecular flexibility index (Phi) is 3.65. The Hall–Kier alpha value is -0.820. The smallest absolute Gasteiger partial charge is 0.00173 e. The molecule has 0 aromatic heterocycles. The van der Waals surface area contributed by atoms with Gasteiger partial charge in [0.25, 0.3) is 0 Å². The third kappa shape index (κ3) is 2.65. The highest BCUT2D eigenvalue weighted by molar-refractivity contribution is 5.22. The molecule has 0 radical (unpaired) electrons. The van der Waals surface area contributed by atoms with Crippen LogP contribution in [0.1, 0.15) is 43.2 Å². The molecule has 1 saturated carbocycles. The summed E-state index contributed by atoms with van der Waals surface area (Å²) in [6.07, 6.45) is 7.93. The van der Waals surface area contributed by atoms with E-state index in [4.69, 9.17) is 5.73 Å². The Labute approximate surface area is 99.0 Å². The third-order valence-corrected chi connectivity index (χ3v) is 4.05. The summed E-state index contributed by atoms with van der Waals surface area (Å²) < 4.78 is 0. The van der Waals surface area contributed by atoms with Gasteiger partial charge in [-0.2, -0.15) is 0 Å². The van der Waals surface area contributed by atoms with E-state index in [2.05, 4.69) is 31.2 Å². The highest BCUT2D eigenvalue weighted by Gasteiger charge is 2.30. The van der Waals surface area contributed by atoms with Gasteiger partial charge in [-0.25, -0.2) is 0 Å². The lowest BCUT2D eigenvalue weighted by Crippen LogP contribution is -2.34. The number of nitrogens with two attached hydrogens (primary N) is 1. The van der Waals surface area contributed by atoms with E-state index >= 15 is 0 Å². The van der Waals surface area contributed by atoms with E-state index in [0.717, 1.165) is 6.54 Å². The van der Waals surface area contributed by atoms with Gasteiger partial charge in [-0.15, -0.1) is 0 Å². The van der Waals surface area contributed by atoms with Crippen LogP contribution in [0.5, 0.6) is 0 Å². The van der Waals surface area contributed by atoms with Gasteiger partial charge in [-0.1, -0.05) is 49.1 Å². The fourth-order valence-corrected chi connectivity index (χ4v) is 2.89. The first-order valence-electron chi connectivity index (χ1n) is 6.50. The molecule has 1 fully saturated rings. The minimum absolute atomic E-state index is 0.396. The van der Waals surface area contributed by atoms with Crippen molar-refractivity contribution in [3.8, 4) is 0 Å². The van der Waals surface area contributed by atoms with E-state index < -0.39 is 0 Å². The van der Waals surface area contributed by atoms with Gasteiger partial charge in [0.05, 0.1) is 0 Å². The maximum atomic E-state index is 6.02. The predicted octanol–water partition coefficient (Wildman–Crippen LogP) is 3.45. The lowest BCUT2D eigenvalue weighted by molar-refractivity contribution is 0.197. The summed E-state index contributed by atoms with van der Waals surface area (Å²) in [5.41, 5.74) is 9.21. The highest BCUT2D eigenvalue weighted by Crippen LogP contribution is 2.38. The van der Waals surface area contributed by atoms with Crippen LogP contribution in [0.15, 0.2) is 24.3 Å². The van der Waals surface area contributed by atoms with E-state index in [-0.39, 0.29) is 0 Å². The first-order valence-corrected chi connectivity index (χ1v) is 6.50. The summed E-state index contributed by atoms with van der Waals surface area (Å²) in [5.74, 6) is 0. The molecule has 0 saturated heterocycles. The molecule has 1 aromatic carbocycles. The van der Waals surface area contributed by atoms with Crippen molar-refractivity contribution in [1.29, 1.82) is 0 Å². The molecule has 0 unspecified atom stereocenters. The van der Waals surface area contributed by atoms with Gasteiger partial charge < -0.3 is 5.73 Å². The zero-order valence-corrected chi connectivity index (χ0v) is 10.3. The zero-order valence-electron chi connectivity index (χ0n) is 10.3. The van der Waals surface area contributed by atoms with Crippen molar-refractivity contribution < 1.29 is 0 Å². The largest absolute Gasteiger partial charge is 0.330 e. The zero-order chi connectivity index (χ0) is 11.4. The Bertz CT molecular complexity index is 320. The standard InChI is InChI=1S/C15H23N/c1-13-5-7-14(8-6-13)11-15(12-16)9-3-2-4-10-15/h5-8H,2-4,9-12,16H2,1H3. The second-order valence-electron chi connectivity index (χ2n) is 5.43. The van der Waals surface area contributed by atoms with Crippen molar-refractivity contribution in [3.63, 3.8) is 0 Å². The monoisotopic (exact) mass is 217 g/mol. The van der Waals surface area contributed by atoms with E-state index in [1.165, 1.54) is 49.7 Å². The van der Waals surface area contributed by atoms with Crippen LogP contribution >= 0.6 is 0 Å². The molecule has 0 amide bonds. The molecular weight excluding hydrogens is 194 g/mol. The summed E-state index contributed by atoms with van der Waals surface area (Å²) in [5, 5.41) is 0. The lowest BCUT2D eigenvalue weighted by atomic mass is 9.70. The van der Waals surface area contributed by atoms with Gasteiger partial charge in [0, 0.05) is 0 Å². The van der Waals surface area contributed by atoms with Crippen molar-refractivity contribution in [2.75, 3.05) is 6.54 Å². The minimum atomic E-state index is 0.396. The average Bonchev–Trinajstić information content (AvgIpc) is 2.33. The van der Waals surface area contributed by atoms with Gasteiger partial charge in [-0.3, -0.25) is 0 Å². The van der Waals surface area contributed by atoms with Gasteiger partial charge in [-0.05, 0) is 43.7 Å². The van der Waals surface area contributed by atoms with Crippen molar-refractivity contribution >= 4 is 0 Å². The second-order valence-corrected chi connectivity index (χ2v) is 5.43. The summed E-state index contributed by atoms with van der Waals surface area (Å²) in [7, 11) is 0. The fourth-order valence-electron chi connectivity index (χ4n) is 2.89. The average molecular weight is 217 g/mol. The van der Waals surface area contributed by atoms with Crippen LogP contribution in [0.25, 0.3) is 0 Å². The molecule has 1 heteroatoms. The molecule has 0 heterocycles. The van der Waals surface area contributed by atoms with Crippen LogP contribution in [0.2, 0.25) is 0 Å². The Morgan fingerprint density at radius 1 is 1.06 bits per heavy atom. The predicted molar refractivity (Wildman–Crippen MR) is 69.5 cm³/mol. The summed E-state index contributed by atoms with van der Waals surface area (Å²) in [6, 6.07) is 8.95. The van der Waals surface area contributed by atoms with Gasteiger partial charge in [0.1, 0.15) is 0 Å². The van der Waals surface area contributed by atoms with Crippen LogP contribution in [0.4, 0.5) is 0 Å². The molecule has 0 aliphatic heterocycles. The Morgan fingerprint density at radius 2 is 1.69 bits per heavy atom. The highest BCUT2D eigenvalue weighted by atomic mass is 14.6. The van der Waals surface area contributed by atoms with Crippen molar-refractivity contribution in [2.24, 2.45) is 11.1 Å². The number of rotatable bonds is 3. The molecular formula is C15H23N. The molecule has 2 rings (SSSR count). The van der Waals surface area contributed by atoms with Crippen molar-refractivity contribution in [3.05, 3.63) is 35.4 Å². The lowest BCUT2D eigenvalue weighted by Gasteiger charge is -2.36. The van der Waals surface area contributed by atoms with Gasteiger partial charge in [0.2, 0.25) is 0 Å². The number of hydrogen-bond donors (Lipinski definition) is 1. The molecule has 1 aliphatic rings. The van der Waals surface area contributed by atoms with Crippen molar-refractivity contribution in [2.45, 2.75) is 45.4 Å². The minimum Gasteiger partial charge on any atom is -0.330 e. The first kappa shape index (κ1) is 11.7. The summed E-state index contributed by atoms with van der Waals surface area (Å²) in [6.45, 7) is 2.99. The quantitative estimate of drug-likeness (QED) is 0.824. The van der Waals surface area contributed by atoms with Crippen LogP contribution in [-0.2, 0) is 6.42 Å². The molecule has 2 N–H and O–H groups in total. The number of aryl methyl sites for hydroxylation is 1. The molecule has 88 valence electrons.